The van der Waals surface area contributed by atoms with Gasteiger partial charge in [0.2, 0.25) is 19.4 Å². The van der Waals surface area contributed by atoms with Crippen LogP contribution in [0.15, 0.2) is 123 Å². The molecule has 0 fully saturated rings. The van der Waals surface area contributed by atoms with Crippen molar-refractivity contribution < 1.29 is 140 Å². The number of amides is 2. The fraction of sp³-hybridized carbons (Fsp3) is 0.558. The van der Waals surface area contributed by atoms with Crippen molar-refractivity contribution in [3.8, 4) is 17.2 Å². The number of nitrogens with zero attached hydrogens (tertiary/aromatic N) is 3. The number of nitroso groups, excluding NO2 is 1. The van der Waals surface area contributed by atoms with E-state index >= 15 is 0 Å². The SMILES string of the molecule is COCCOCO/N=C1/c2c3c(C)c(O)c4c2/C(=N/OCOCCOC)C=C(NC(=O)/C(C)=C\C=C\[C@H](C)[C@H](O)[C@@H](C)[C@@H](O)[C@@H](C)[C@H](OC(C)=O)C(C)[C@@H](OC)/C=C/O[C@@]1(C)O3)C4=O.COCCOCONc1cc2c(O)c3c1C1=C(N=O)[C@@](C)(O/C=C/[C@H](OC)C(C)[C@@H](OC(C)=O)[C@H](C)[C@H](O)[C@H](C)[C@@H](O)[C@@H](C)/C=C/C=C(/C)C(=O)N2)OC1=C(C)C3=O. The molecule has 8 aliphatic rings. The highest BCUT2D eigenvalue weighted by Crippen LogP contribution is 2.55. The lowest BCUT2D eigenvalue weighted by atomic mass is 9.78. The number of methoxy groups -OCH3 is 5. The van der Waals surface area contributed by atoms with Crippen LogP contribution in [0, 0.1) is 59.2 Å². The summed E-state index contributed by atoms with van der Waals surface area (Å²) in [5.74, 6) is -13.7. The molecule has 36 nitrogen and oxygen atoms in total. The second-order valence-electron chi connectivity index (χ2n) is 30.7. The number of carbonyl (C=O) groups is 6. The summed E-state index contributed by atoms with van der Waals surface area (Å²) in [6.07, 6.45) is 8.65. The van der Waals surface area contributed by atoms with E-state index in [4.69, 9.17) is 80.8 Å². The van der Waals surface area contributed by atoms with Gasteiger partial charge in [-0.25, -0.2) is 4.84 Å². The molecule has 6 aliphatic heterocycles. The largest absolute Gasteiger partial charge is 0.507 e. The van der Waals surface area contributed by atoms with Gasteiger partial charge >= 0.3 is 11.9 Å². The fourth-order valence-corrected chi connectivity index (χ4v) is 14.7. The normalized spacial score (nSPS) is 31.0. The number of ether oxygens (including phenoxy) is 14. The number of nitrogens with one attached hydrogen (secondary N) is 3. The van der Waals surface area contributed by atoms with E-state index in [9.17, 15) is 64.3 Å². The van der Waals surface area contributed by atoms with E-state index in [1.165, 1.54) is 134 Å². The van der Waals surface area contributed by atoms with E-state index in [1.807, 2.05) is 0 Å². The number of rotatable bonds is 24. The van der Waals surface area contributed by atoms with Crippen molar-refractivity contribution in [1.82, 2.24) is 5.32 Å². The van der Waals surface area contributed by atoms with Crippen LogP contribution in [0.25, 0.3) is 5.57 Å². The van der Waals surface area contributed by atoms with E-state index in [2.05, 4.69) is 31.6 Å². The highest BCUT2D eigenvalue weighted by molar-refractivity contribution is 6.32. The Hall–Kier alpha value is -10.1. The number of hydrogen-bond acceptors (Lipinski definition) is 34. The van der Waals surface area contributed by atoms with Gasteiger partial charge in [0, 0.05) is 144 Å². The van der Waals surface area contributed by atoms with Gasteiger partial charge in [0.25, 0.3) is 23.4 Å². The van der Waals surface area contributed by atoms with Crippen molar-refractivity contribution in [2.24, 2.45) is 62.8 Å². The Labute approximate surface area is 709 Å². The number of aliphatic hydroxyl groups excluding tert-OH is 4. The van der Waals surface area contributed by atoms with Crippen LogP contribution in [0.4, 0.5) is 11.4 Å². The molecule has 2 aliphatic carbocycles. The minimum atomic E-state index is -1.93. The molecule has 2 aromatic rings. The maximum Gasteiger partial charge on any atom is 0.302 e. The molecular weight excluding hydrogens is 1600 g/mol. The second kappa shape index (κ2) is 45.4. The van der Waals surface area contributed by atoms with Crippen LogP contribution < -0.4 is 20.9 Å². The van der Waals surface area contributed by atoms with Gasteiger partial charge in [-0.2, -0.15) is 0 Å². The number of anilines is 2. The molecule has 10 rings (SSSR count). The average molecular weight is 1720 g/mol. The van der Waals surface area contributed by atoms with Crippen LogP contribution in [-0.4, -0.2) is 233 Å². The minimum absolute atomic E-state index is 0.00549. The highest BCUT2D eigenvalue weighted by atomic mass is 16.8. The quantitative estimate of drug-likeness (QED) is 0.00898. The highest BCUT2D eigenvalue weighted by Gasteiger charge is 2.53. The van der Waals surface area contributed by atoms with E-state index in [-0.39, 0.29) is 155 Å². The number of phenols is 2. The van der Waals surface area contributed by atoms with E-state index in [1.54, 1.807) is 85.8 Å². The Balaban J connectivity index is 0.000000337. The molecule has 6 heterocycles. The zero-order valence-electron chi connectivity index (χ0n) is 72.9. The molecule has 672 valence electrons. The summed E-state index contributed by atoms with van der Waals surface area (Å²) in [5.41, 5.74) is 2.13. The lowest BCUT2D eigenvalue weighted by Crippen LogP contribution is -2.46. The molecule has 18 atom stereocenters. The zero-order chi connectivity index (χ0) is 90.4. The van der Waals surface area contributed by atoms with Crippen molar-refractivity contribution in [3.05, 3.63) is 145 Å². The number of aromatic hydroxyl groups is 2. The Morgan fingerprint density at radius 1 is 0.549 bits per heavy atom. The second-order valence-corrected chi connectivity index (χ2v) is 30.7. The summed E-state index contributed by atoms with van der Waals surface area (Å²) >= 11 is 0. The van der Waals surface area contributed by atoms with Gasteiger partial charge in [0.1, 0.15) is 35.2 Å². The molecule has 0 spiro atoms. The third kappa shape index (κ3) is 23.4. The number of allylic oxidation sites excluding steroid dienone is 8. The standard InChI is InChI=1S/C45H63N3O16.C41H55N3O14/c1-24-13-12-14-25(2)44(54)46-32-21-31(47-61-22-58-19-17-55-9)34-35(40(32)53)39(52)29(6)42-36(34)43(48-62-23-59-20-18-56-10)45(8,64-42)60-16-15-33(57-11)26(3)41(63-30(7)49)28(5)38(51)27(4)37(24)50;1-20-12-11-13-21(2)40(50)42-28-18-27(44-56-19-54-17-16-52-9)30-31(36(28)49)35(48)25(6)38-32(30)39(43-51)41(8,58-38)55-15-14-29(53-10)22(3)37(57-26(7)45)24(5)34(47)23(4)33(20)46/h12-16,21,24,26-28,33,37-38,41,50-52H,17-20,22-23H2,1-11H3,(H,46,54);11-15,18,20,22-24,29,33-34,37,44,46-47,49H,16-17,19H2,1-10H3,(H,42,50)/b13-12+,16-15+,25-14-,47-31+,48-43-;12-11+,15-14+,21-13-/t24-,26?,27+,28+,33-,37-,38+,41+,45-;20-,22?,23+,24+,29-,33-,34+,37+,41-/m00/s1. The predicted octanol–water partition coefficient (Wildman–Crippen LogP) is 9.20. The molecule has 2 unspecified atom stereocenters. The summed E-state index contributed by atoms with van der Waals surface area (Å²) in [6.45, 7) is 25.9. The van der Waals surface area contributed by atoms with Gasteiger partial charge in [-0.1, -0.05) is 102 Å². The summed E-state index contributed by atoms with van der Waals surface area (Å²) in [4.78, 5) is 110. The minimum Gasteiger partial charge on any atom is -0.507 e. The number of fused-ring (bicyclic) bond motifs is 28. The molecule has 0 saturated carbocycles. The fourth-order valence-electron chi connectivity index (χ4n) is 14.7. The van der Waals surface area contributed by atoms with Crippen LogP contribution in [0.1, 0.15) is 147 Å². The lowest BCUT2D eigenvalue weighted by molar-refractivity contribution is -0.161. The van der Waals surface area contributed by atoms with Gasteiger partial charge in [-0.15, -0.1) is 4.91 Å². The zero-order valence-corrected chi connectivity index (χ0v) is 72.9. The first kappa shape index (κ1) is 99.0. The van der Waals surface area contributed by atoms with Crippen LogP contribution in [0.5, 0.6) is 17.2 Å². The van der Waals surface area contributed by atoms with Crippen LogP contribution in [-0.2, 0) is 95.3 Å². The number of benzene rings is 2. The van der Waals surface area contributed by atoms with E-state index < -0.39 is 155 Å². The average Bonchev–Trinajstić information content (AvgIpc) is 1.53. The van der Waals surface area contributed by atoms with Crippen LogP contribution >= 0.6 is 0 Å². The maximum atomic E-state index is 14.4. The first-order chi connectivity index (χ1) is 57.9. The van der Waals surface area contributed by atoms with E-state index in [0.29, 0.717) is 6.61 Å². The third-order valence-electron chi connectivity index (χ3n) is 22.0. The Morgan fingerprint density at radius 3 is 1.51 bits per heavy atom. The number of Topliss-reactive ketones (excluding diaryl/α,β-unsaturated/α-hetero) is 2. The predicted molar refractivity (Wildman–Crippen MR) is 443 cm³/mol. The summed E-state index contributed by atoms with van der Waals surface area (Å²) < 4.78 is 79.6. The Morgan fingerprint density at radius 2 is 1.02 bits per heavy atom. The Kier molecular flexibility index (Phi) is 36.8. The molecule has 0 aromatic heterocycles. The third-order valence-corrected chi connectivity index (χ3v) is 22.0. The summed E-state index contributed by atoms with van der Waals surface area (Å²) in [7, 11) is 7.44. The lowest BCUT2D eigenvalue weighted by Gasteiger charge is -2.38. The summed E-state index contributed by atoms with van der Waals surface area (Å²) in [5, 5.41) is 86.4. The molecule has 2 amide bonds. The summed E-state index contributed by atoms with van der Waals surface area (Å²) in [6, 6.07) is 1.32. The number of aliphatic hydroxyl groups is 4. The van der Waals surface area contributed by atoms with Crippen molar-refractivity contribution in [1.29, 1.82) is 0 Å². The van der Waals surface area contributed by atoms with Gasteiger partial charge < -0.3 is 117 Å². The number of oxime groups is 2. The first-order valence-corrected chi connectivity index (χ1v) is 39.8. The topological polar surface area (TPSA) is 471 Å². The monoisotopic (exact) mass is 1710 g/mol. The van der Waals surface area contributed by atoms with Crippen LogP contribution in [0.2, 0.25) is 0 Å². The molecular formula is C86H118N6O30. The molecule has 122 heavy (non-hydrogen) atoms. The number of phenolic OH excluding ortho intramolecular Hbond substituents is 2. The van der Waals surface area contributed by atoms with Crippen molar-refractivity contribution >= 4 is 63.7 Å². The molecule has 2 aromatic carbocycles. The van der Waals surface area contributed by atoms with Gasteiger partial charge in [0.15, 0.2) is 29.7 Å². The van der Waals surface area contributed by atoms with Gasteiger partial charge in [-0.05, 0) is 57.2 Å². The number of hydrogen-bond donors (Lipinski definition) is 9. The molecule has 0 saturated heterocycles. The molecule has 0 radical (unpaired) electrons. The van der Waals surface area contributed by atoms with Crippen molar-refractivity contribution in [2.75, 3.05) is 106 Å². The van der Waals surface area contributed by atoms with Gasteiger partial charge in [0.05, 0.1) is 128 Å². The molecule has 36 heteroatoms. The first-order valence-electron chi connectivity index (χ1n) is 39.8. The maximum absolute atomic E-state index is 14.4. The van der Waals surface area contributed by atoms with Crippen molar-refractivity contribution in [3.63, 3.8) is 0 Å². The van der Waals surface area contributed by atoms with Gasteiger partial charge in [-0.3, -0.25) is 34.2 Å². The number of esters is 2. The van der Waals surface area contributed by atoms with Crippen LogP contribution in [0.3, 0.4) is 0 Å². The Bertz CT molecular complexity index is 4440. The molecule has 9 N–H and O–H groups in total. The number of ketones is 2. The smallest absolute Gasteiger partial charge is 0.302 e. The van der Waals surface area contributed by atoms with Crippen molar-refractivity contribution in [2.45, 2.75) is 171 Å². The van der Waals surface area contributed by atoms with E-state index in [0.717, 1.165) is 0 Å². The number of carbonyl (C=O) groups excluding carboxylic acids is 6. The molecule has 10 bridgehead atoms.